The average molecular weight is 397 g/mol. The molecular weight excluding hydrogens is 376 g/mol. The van der Waals surface area contributed by atoms with E-state index in [1.165, 1.54) is 24.3 Å². The molecule has 0 saturated carbocycles. The number of rotatable bonds is 9. The Balaban J connectivity index is 3.26. The maximum absolute atomic E-state index is 14.3. The summed E-state index contributed by atoms with van der Waals surface area (Å²) in [5.41, 5.74) is -0.766. The van der Waals surface area contributed by atoms with Crippen molar-refractivity contribution in [1.29, 1.82) is 0 Å². The molecule has 0 bridgehead atoms. The second-order valence-electron chi connectivity index (χ2n) is 5.64. The van der Waals surface area contributed by atoms with E-state index in [4.69, 9.17) is 0 Å². The van der Waals surface area contributed by atoms with Crippen molar-refractivity contribution in [2.75, 3.05) is 12.0 Å². The van der Waals surface area contributed by atoms with E-state index in [0.29, 0.717) is 12.7 Å². The average Bonchev–Trinajstić information content (AvgIpc) is 2.48. The van der Waals surface area contributed by atoms with Gasteiger partial charge in [0.2, 0.25) is 9.84 Å². The van der Waals surface area contributed by atoms with E-state index in [9.17, 15) is 25.6 Å². The summed E-state index contributed by atoms with van der Waals surface area (Å²) < 4.78 is 79.2. The molecule has 0 heterocycles. The van der Waals surface area contributed by atoms with Crippen molar-refractivity contribution in [3.8, 4) is 0 Å². The monoisotopic (exact) mass is 397 g/mol. The number of alkyl halides is 2. The highest BCUT2D eigenvalue weighted by Crippen LogP contribution is 2.27. The highest BCUT2D eigenvalue weighted by molar-refractivity contribution is 7.92. The predicted molar refractivity (Wildman–Crippen MR) is 91.9 cm³/mol. The van der Waals surface area contributed by atoms with E-state index < -0.39 is 36.7 Å². The van der Waals surface area contributed by atoms with Gasteiger partial charge in [-0.2, -0.15) is 17.2 Å². The van der Waals surface area contributed by atoms with E-state index in [0.717, 1.165) is 12.0 Å². The third-order valence-electron chi connectivity index (χ3n) is 3.31. The maximum Gasteiger partial charge on any atom is 0.390 e. The summed E-state index contributed by atoms with van der Waals surface area (Å²) in [5.74, 6) is -0.393. The summed E-state index contributed by atoms with van der Waals surface area (Å²) in [6.45, 7) is 3.58. The Morgan fingerprint density at radius 1 is 1.12 bits per heavy atom. The summed E-state index contributed by atoms with van der Waals surface area (Å²) in [6, 6.07) is 5.39. The van der Waals surface area contributed by atoms with Gasteiger partial charge in [-0.05, 0) is 13.3 Å². The Hall–Kier alpha value is -1.55. The molecule has 0 aliphatic heterocycles. The van der Waals surface area contributed by atoms with Crippen LogP contribution in [-0.4, -0.2) is 39.8 Å². The van der Waals surface area contributed by atoms with Gasteiger partial charge in [-0.3, -0.25) is 4.28 Å². The quantitative estimate of drug-likeness (QED) is 0.363. The largest absolute Gasteiger partial charge is 0.390 e. The van der Waals surface area contributed by atoms with Crippen molar-refractivity contribution in [2.45, 2.75) is 38.4 Å². The molecule has 142 valence electrons. The van der Waals surface area contributed by atoms with Gasteiger partial charge >= 0.3 is 15.4 Å². The van der Waals surface area contributed by atoms with E-state index in [1.807, 2.05) is 6.92 Å². The fourth-order valence-corrected chi connectivity index (χ4v) is 3.15. The van der Waals surface area contributed by atoms with E-state index >= 15 is 0 Å². The summed E-state index contributed by atoms with van der Waals surface area (Å²) in [7, 11) is -9.07. The third-order valence-corrected chi connectivity index (χ3v) is 5.52. The van der Waals surface area contributed by atoms with Gasteiger partial charge in [0.25, 0.3) is 0 Å². The van der Waals surface area contributed by atoms with Crippen molar-refractivity contribution in [3.63, 3.8) is 0 Å². The number of hydrogen-bond acceptors (Lipinski definition) is 6. The molecule has 6 nitrogen and oxygen atoms in total. The fourth-order valence-electron chi connectivity index (χ4n) is 1.82. The van der Waals surface area contributed by atoms with Crippen molar-refractivity contribution in [1.82, 2.24) is 0 Å². The number of aryl methyl sites for hydroxylation is 1. The van der Waals surface area contributed by atoms with Crippen molar-refractivity contribution in [2.24, 2.45) is 5.16 Å². The number of oxime groups is 1. The van der Waals surface area contributed by atoms with Crippen LogP contribution in [0.5, 0.6) is 0 Å². The van der Waals surface area contributed by atoms with Gasteiger partial charge < -0.3 is 0 Å². The standard InChI is InChI=1S/C15H21F2NO5S2/c1-4-5-6-11-25(21,22)23-18-14(15(16,17)24(3,19)20)13-9-7-12(2)8-10-13/h7-10H,4-6,11H2,1-3H3. The molecule has 0 saturated heterocycles. The lowest BCUT2D eigenvalue weighted by Gasteiger charge is -2.16. The lowest BCUT2D eigenvalue weighted by atomic mass is 10.1. The van der Waals surface area contributed by atoms with Gasteiger partial charge in [0, 0.05) is 11.8 Å². The van der Waals surface area contributed by atoms with Crippen LogP contribution >= 0.6 is 0 Å². The Bertz CT molecular complexity index is 816. The highest BCUT2D eigenvalue weighted by atomic mass is 32.2. The lowest BCUT2D eigenvalue weighted by molar-refractivity contribution is 0.165. The van der Waals surface area contributed by atoms with Crippen LogP contribution in [0.25, 0.3) is 0 Å². The van der Waals surface area contributed by atoms with Gasteiger partial charge in [0.15, 0.2) is 5.71 Å². The topological polar surface area (TPSA) is 89.9 Å². The predicted octanol–water partition coefficient (Wildman–Crippen LogP) is 2.87. The smallest absolute Gasteiger partial charge is 0.268 e. The molecule has 0 atom stereocenters. The molecule has 0 amide bonds. The number of benzene rings is 1. The minimum atomic E-state index is -4.89. The first-order chi connectivity index (χ1) is 11.4. The molecule has 0 aromatic heterocycles. The lowest BCUT2D eigenvalue weighted by Crippen LogP contribution is -2.38. The van der Waals surface area contributed by atoms with Crippen molar-refractivity contribution < 1.29 is 29.9 Å². The second kappa shape index (κ2) is 8.22. The molecule has 0 unspecified atom stereocenters. The van der Waals surface area contributed by atoms with Crippen LogP contribution < -0.4 is 0 Å². The number of nitrogens with zero attached hydrogens (tertiary/aromatic N) is 1. The maximum atomic E-state index is 14.3. The van der Waals surface area contributed by atoms with Crippen molar-refractivity contribution >= 4 is 25.7 Å². The highest BCUT2D eigenvalue weighted by Gasteiger charge is 2.48. The van der Waals surface area contributed by atoms with Crippen LogP contribution in [0.4, 0.5) is 8.78 Å². The van der Waals surface area contributed by atoms with Crippen LogP contribution in [0.15, 0.2) is 29.4 Å². The van der Waals surface area contributed by atoms with Crippen LogP contribution in [0.1, 0.15) is 37.3 Å². The fraction of sp³-hybridized carbons (Fsp3) is 0.533. The van der Waals surface area contributed by atoms with Crippen molar-refractivity contribution in [3.05, 3.63) is 35.4 Å². The SMILES string of the molecule is CCCCCS(=O)(=O)ON=C(c1ccc(C)cc1)C(F)(F)S(C)(=O)=O. The zero-order valence-corrected chi connectivity index (χ0v) is 15.8. The molecule has 1 aromatic carbocycles. The molecule has 0 radical (unpaired) electrons. The summed E-state index contributed by atoms with van der Waals surface area (Å²) in [5, 5.41) is -1.39. The van der Waals surface area contributed by atoms with Crippen LogP contribution in [-0.2, 0) is 24.2 Å². The molecule has 1 aromatic rings. The summed E-state index contributed by atoms with van der Waals surface area (Å²) in [4.78, 5) is 0. The van der Waals surface area contributed by atoms with Gasteiger partial charge in [0.1, 0.15) is 0 Å². The zero-order valence-electron chi connectivity index (χ0n) is 14.2. The second-order valence-corrected chi connectivity index (χ2v) is 9.37. The Morgan fingerprint density at radius 2 is 1.68 bits per heavy atom. The first-order valence-corrected chi connectivity index (χ1v) is 11.0. The number of sulfone groups is 1. The van der Waals surface area contributed by atoms with Crippen LogP contribution in [0.3, 0.4) is 0 Å². The molecule has 25 heavy (non-hydrogen) atoms. The molecule has 0 N–H and O–H groups in total. The minimum Gasteiger partial charge on any atom is -0.268 e. The Morgan fingerprint density at radius 3 is 2.16 bits per heavy atom. The molecule has 0 spiro atoms. The Kier molecular flexibility index (Phi) is 7.07. The first kappa shape index (κ1) is 21.5. The van der Waals surface area contributed by atoms with E-state index in [1.54, 1.807) is 6.92 Å². The number of unbranched alkanes of at least 4 members (excludes halogenated alkanes) is 2. The van der Waals surface area contributed by atoms with E-state index in [2.05, 4.69) is 9.44 Å². The van der Waals surface area contributed by atoms with E-state index in [-0.39, 0.29) is 12.0 Å². The Labute approximate surface area is 146 Å². The molecule has 0 fully saturated rings. The van der Waals surface area contributed by atoms with Gasteiger partial charge in [-0.1, -0.05) is 54.8 Å². The van der Waals surface area contributed by atoms with Gasteiger partial charge in [0.05, 0.1) is 5.75 Å². The number of hydrogen-bond donors (Lipinski definition) is 0. The number of halogens is 2. The van der Waals surface area contributed by atoms with Gasteiger partial charge in [-0.25, -0.2) is 8.42 Å². The van der Waals surface area contributed by atoms with Crippen LogP contribution in [0.2, 0.25) is 0 Å². The molecule has 1 rings (SSSR count). The third kappa shape index (κ3) is 6.03. The van der Waals surface area contributed by atoms with Gasteiger partial charge in [-0.15, -0.1) is 0 Å². The zero-order chi connectivity index (χ0) is 19.3. The van der Waals surface area contributed by atoms with Crippen LogP contribution in [0, 0.1) is 6.92 Å². The summed E-state index contributed by atoms with van der Waals surface area (Å²) >= 11 is 0. The normalized spacial score (nSPS) is 13.7. The first-order valence-electron chi connectivity index (χ1n) is 7.55. The minimum absolute atomic E-state index is 0.246. The molecule has 10 heteroatoms. The summed E-state index contributed by atoms with van der Waals surface area (Å²) in [6.07, 6.45) is 2.01. The molecule has 0 aliphatic rings. The molecule has 0 aliphatic carbocycles. The molecular formula is C15H21F2NO5S2.